The fourth-order valence-corrected chi connectivity index (χ4v) is 3.67. The van der Waals surface area contributed by atoms with Crippen LogP contribution in [0.1, 0.15) is 36.5 Å². The summed E-state index contributed by atoms with van der Waals surface area (Å²) in [5.41, 5.74) is 1.67. The first-order chi connectivity index (χ1) is 12.9. The fourth-order valence-electron chi connectivity index (χ4n) is 3.67. The number of nitrogens with zero attached hydrogens (tertiary/aromatic N) is 1. The SMILES string of the molecule is CCOc1cccc(CN2CCC(Cc3ccc(C(F)(F)F)cc3)CC2)c1. The summed E-state index contributed by atoms with van der Waals surface area (Å²) in [5.74, 6) is 1.44. The van der Waals surface area contributed by atoms with Crippen LogP contribution >= 0.6 is 0 Å². The molecule has 1 fully saturated rings. The molecule has 5 heteroatoms. The molecular weight excluding hydrogens is 351 g/mol. The minimum atomic E-state index is -4.26. The molecule has 1 aliphatic heterocycles. The number of ether oxygens (including phenoxy) is 1. The van der Waals surface area contributed by atoms with Gasteiger partial charge in [-0.05, 0) is 80.6 Å². The van der Waals surface area contributed by atoms with Gasteiger partial charge in [-0.25, -0.2) is 0 Å². The summed E-state index contributed by atoms with van der Waals surface area (Å²) in [6.07, 6.45) is -1.26. The molecule has 0 saturated carbocycles. The van der Waals surface area contributed by atoms with Crippen LogP contribution in [0.15, 0.2) is 48.5 Å². The predicted molar refractivity (Wildman–Crippen MR) is 101 cm³/mol. The average molecular weight is 377 g/mol. The van der Waals surface area contributed by atoms with E-state index in [4.69, 9.17) is 4.74 Å². The lowest BCUT2D eigenvalue weighted by molar-refractivity contribution is -0.137. The van der Waals surface area contributed by atoms with Gasteiger partial charge in [0.05, 0.1) is 12.2 Å². The van der Waals surface area contributed by atoms with E-state index in [-0.39, 0.29) is 0 Å². The molecule has 1 aliphatic rings. The standard InChI is InChI=1S/C22H26F3NO/c1-2-27-21-5-3-4-19(15-21)16-26-12-10-18(11-13-26)14-17-6-8-20(9-7-17)22(23,24)25/h3-9,15,18H,2,10-14,16H2,1H3. The maximum absolute atomic E-state index is 12.7. The Morgan fingerprint density at radius 1 is 1.00 bits per heavy atom. The summed E-state index contributed by atoms with van der Waals surface area (Å²) < 4.78 is 43.5. The normalized spacial score (nSPS) is 16.4. The van der Waals surface area contributed by atoms with Gasteiger partial charge in [-0.2, -0.15) is 13.2 Å². The molecule has 146 valence electrons. The number of piperidine rings is 1. The zero-order valence-corrected chi connectivity index (χ0v) is 15.6. The molecule has 2 aromatic carbocycles. The van der Waals surface area contributed by atoms with E-state index in [1.165, 1.54) is 17.7 Å². The third kappa shape index (κ3) is 5.73. The number of likely N-dealkylation sites (tertiary alicyclic amines) is 1. The van der Waals surface area contributed by atoms with Crippen molar-refractivity contribution in [2.24, 2.45) is 5.92 Å². The van der Waals surface area contributed by atoms with Gasteiger partial charge in [-0.1, -0.05) is 24.3 Å². The molecule has 27 heavy (non-hydrogen) atoms. The molecular formula is C22H26F3NO. The van der Waals surface area contributed by atoms with E-state index in [1.807, 2.05) is 19.1 Å². The highest BCUT2D eigenvalue weighted by Crippen LogP contribution is 2.30. The van der Waals surface area contributed by atoms with E-state index in [1.54, 1.807) is 12.1 Å². The smallest absolute Gasteiger partial charge is 0.416 e. The van der Waals surface area contributed by atoms with Crippen molar-refractivity contribution in [2.45, 2.75) is 38.9 Å². The minimum absolute atomic E-state index is 0.535. The van der Waals surface area contributed by atoms with Crippen LogP contribution in [0.25, 0.3) is 0 Å². The van der Waals surface area contributed by atoms with Gasteiger partial charge < -0.3 is 4.74 Å². The van der Waals surface area contributed by atoms with Crippen molar-refractivity contribution in [3.63, 3.8) is 0 Å². The molecule has 1 heterocycles. The topological polar surface area (TPSA) is 12.5 Å². The van der Waals surface area contributed by atoms with Gasteiger partial charge in [0, 0.05) is 6.54 Å². The molecule has 0 N–H and O–H groups in total. The molecule has 2 aromatic rings. The number of hydrogen-bond donors (Lipinski definition) is 0. The number of halogens is 3. The van der Waals surface area contributed by atoms with Crippen molar-refractivity contribution in [3.05, 3.63) is 65.2 Å². The highest BCUT2D eigenvalue weighted by atomic mass is 19.4. The predicted octanol–water partition coefficient (Wildman–Crippen LogP) is 5.56. The molecule has 0 aliphatic carbocycles. The maximum atomic E-state index is 12.7. The first-order valence-electron chi connectivity index (χ1n) is 9.54. The van der Waals surface area contributed by atoms with Crippen LogP contribution < -0.4 is 4.74 Å². The van der Waals surface area contributed by atoms with E-state index >= 15 is 0 Å². The molecule has 0 aromatic heterocycles. The Morgan fingerprint density at radius 2 is 1.70 bits per heavy atom. The number of rotatable bonds is 6. The van der Waals surface area contributed by atoms with Gasteiger partial charge in [-0.15, -0.1) is 0 Å². The van der Waals surface area contributed by atoms with Crippen LogP contribution in [-0.2, 0) is 19.1 Å². The molecule has 0 unspecified atom stereocenters. The third-order valence-corrected chi connectivity index (χ3v) is 5.13. The largest absolute Gasteiger partial charge is 0.494 e. The Kier molecular flexibility index (Phi) is 6.42. The van der Waals surface area contributed by atoms with Crippen molar-refractivity contribution >= 4 is 0 Å². The first kappa shape index (κ1) is 19.7. The van der Waals surface area contributed by atoms with E-state index < -0.39 is 11.7 Å². The van der Waals surface area contributed by atoms with Crippen LogP contribution in [0, 0.1) is 5.92 Å². The van der Waals surface area contributed by atoms with Crippen molar-refractivity contribution in [1.82, 2.24) is 4.90 Å². The molecule has 0 amide bonds. The fraction of sp³-hybridized carbons (Fsp3) is 0.455. The van der Waals surface area contributed by atoms with Crippen LogP contribution in [0.5, 0.6) is 5.75 Å². The molecule has 0 radical (unpaired) electrons. The summed E-state index contributed by atoms with van der Waals surface area (Å²) in [7, 11) is 0. The minimum Gasteiger partial charge on any atom is -0.494 e. The Morgan fingerprint density at radius 3 is 2.33 bits per heavy atom. The lowest BCUT2D eigenvalue weighted by Crippen LogP contribution is -2.33. The Balaban J connectivity index is 1.48. The van der Waals surface area contributed by atoms with Crippen LogP contribution in [0.2, 0.25) is 0 Å². The van der Waals surface area contributed by atoms with E-state index in [2.05, 4.69) is 17.0 Å². The van der Waals surface area contributed by atoms with E-state index in [0.29, 0.717) is 12.5 Å². The highest BCUT2D eigenvalue weighted by Gasteiger charge is 2.30. The molecule has 2 nitrogen and oxygen atoms in total. The third-order valence-electron chi connectivity index (χ3n) is 5.13. The molecule has 3 rings (SSSR count). The zero-order valence-electron chi connectivity index (χ0n) is 15.6. The molecule has 0 spiro atoms. The van der Waals surface area contributed by atoms with Crippen molar-refractivity contribution in [1.29, 1.82) is 0 Å². The molecule has 0 atom stereocenters. The monoisotopic (exact) mass is 377 g/mol. The summed E-state index contributed by atoms with van der Waals surface area (Å²) in [5, 5.41) is 0. The molecule has 0 bridgehead atoms. The second kappa shape index (κ2) is 8.79. The van der Waals surface area contributed by atoms with Crippen LogP contribution in [-0.4, -0.2) is 24.6 Å². The van der Waals surface area contributed by atoms with Crippen LogP contribution in [0.3, 0.4) is 0 Å². The quantitative estimate of drug-likeness (QED) is 0.654. The molecule has 1 saturated heterocycles. The van der Waals surface area contributed by atoms with Crippen molar-refractivity contribution in [3.8, 4) is 5.75 Å². The second-order valence-electron chi connectivity index (χ2n) is 7.20. The van der Waals surface area contributed by atoms with Crippen molar-refractivity contribution in [2.75, 3.05) is 19.7 Å². The van der Waals surface area contributed by atoms with Gasteiger partial charge in [0.2, 0.25) is 0 Å². The summed E-state index contributed by atoms with van der Waals surface area (Å²) in [6.45, 7) is 5.59. The first-order valence-corrected chi connectivity index (χ1v) is 9.54. The Hall–Kier alpha value is -2.01. The van der Waals surface area contributed by atoms with E-state index in [0.717, 1.165) is 50.2 Å². The van der Waals surface area contributed by atoms with Crippen LogP contribution in [0.4, 0.5) is 13.2 Å². The van der Waals surface area contributed by atoms with Gasteiger partial charge >= 0.3 is 6.18 Å². The Bertz CT molecular complexity index is 719. The lowest BCUT2D eigenvalue weighted by atomic mass is 9.89. The van der Waals surface area contributed by atoms with Gasteiger partial charge in [0.1, 0.15) is 5.75 Å². The summed E-state index contributed by atoms with van der Waals surface area (Å²) >= 11 is 0. The number of hydrogen-bond acceptors (Lipinski definition) is 2. The highest BCUT2D eigenvalue weighted by molar-refractivity contribution is 5.28. The summed E-state index contributed by atoms with van der Waals surface area (Å²) in [6, 6.07) is 13.8. The van der Waals surface area contributed by atoms with Gasteiger partial charge in [0.15, 0.2) is 0 Å². The van der Waals surface area contributed by atoms with Crippen molar-refractivity contribution < 1.29 is 17.9 Å². The van der Waals surface area contributed by atoms with Gasteiger partial charge in [-0.3, -0.25) is 4.90 Å². The van der Waals surface area contributed by atoms with Gasteiger partial charge in [0.25, 0.3) is 0 Å². The van der Waals surface area contributed by atoms with E-state index in [9.17, 15) is 13.2 Å². The average Bonchev–Trinajstić information content (AvgIpc) is 2.64. The summed E-state index contributed by atoms with van der Waals surface area (Å²) in [4.78, 5) is 2.44. The number of alkyl halides is 3. The zero-order chi connectivity index (χ0) is 19.3. The Labute approximate surface area is 159 Å². The number of benzene rings is 2. The lowest BCUT2D eigenvalue weighted by Gasteiger charge is -2.32. The maximum Gasteiger partial charge on any atom is 0.416 e. The second-order valence-corrected chi connectivity index (χ2v) is 7.20.